The van der Waals surface area contributed by atoms with Crippen LogP contribution in [0.25, 0.3) is 0 Å². The van der Waals surface area contributed by atoms with Gasteiger partial charge in [-0.1, -0.05) is 37.2 Å². The van der Waals surface area contributed by atoms with Crippen LogP contribution in [0, 0.1) is 20.8 Å². The number of aryl methyl sites for hydroxylation is 3. The van der Waals surface area contributed by atoms with Crippen molar-refractivity contribution in [2.75, 3.05) is 5.32 Å². The molecule has 0 bridgehead atoms. The number of anilines is 1. The van der Waals surface area contributed by atoms with Crippen molar-refractivity contribution in [1.82, 2.24) is 5.16 Å². The summed E-state index contributed by atoms with van der Waals surface area (Å²) in [5, 5.41) is 6.99. The summed E-state index contributed by atoms with van der Waals surface area (Å²) >= 11 is 0. The number of aromatic nitrogens is 1. The zero-order chi connectivity index (χ0) is 16.3. The fourth-order valence-electron chi connectivity index (χ4n) is 2.64. The minimum absolute atomic E-state index is 0.0243. The Morgan fingerprint density at radius 2 is 2.00 bits per heavy atom. The molecule has 4 heteroatoms. The summed E-state index contributed by atoms with van der Waals surface area (Å²) < 4.78 is 5.13. The summed E-state index contributed by atoms with van der Waals surface area (Å²) in [6.45, 7) is 10.1. The number of benzene rings is 1. The number of hydrogen-bond donors (Lipinski definition) is 1. The second-order valence-electron chi connectivity index (χ2n) is 6.04. The Morgan fingerprint density at radius 1 is 1.27 bits per heavy atom. The van der Waals surface area contributed by atoms with Gasteiger partial charge in [0.1, 0.15) is 5.76 Å². The van der Waals surface area contributed by atoms with E-state index >= 15 is 0 Å². The molecule has 4 nitrogen and oxygen atoms in total. The normalized spacial score (nSPS) is 11.0. The van der Waals surface area contributed by atoms with Crippen molar-refractivity contribution in [3.05, 3.63) is 46.3 Å². The number of rotatable bonds is 5. The first-order chi connectivity index (χ1) is 10.4. The van der Waals surface area contributed by atoms with E-state index in [9.17, 15) is 4.79 Å². The van der Waals surface area contributed by atoms with Gasteiger partial charge < -0.3 is 9.84 Å². The Hall–Kier alpha value is -2.10. The second-order valence-corrected chi connectivity index (χ2v) is 6.04. The molecule has 1 heterocycles. The first kappa shape index (κ1) is 16.3. The number of hydrogen-bond acceptors (Lipinski definition) is 3. The van der Waals surface area contributed by atoms with Crippen molar-refractivity contribution in [3.8, 4) is 0 Å². The predicted octanol–water partition coefficient (Wildman–Crippen LogP) is 4.29. The molecular weight excluding hydrogens is 276 g/mol. The summed E-state index contributed by atoms with van der Waals surface area (Å²) in [5.74, 6) is 1.19. The topological polar surface area (TPSA) is 55.1 Å². The molecule has 0 aliphatic carbocycles. The highest BCUT2D eigenvalue weighted by Gasteiger charge is 2.14. The lowest BCUT2D eigenvalue weighted by molar-refractivity contribution is -0.116. The van der Waals surface area contributed by atoms with E-state index in [2.05, 4.69) is 30.4 Å². The van der Waals surface area contributed by atoms with Gasteiger partial charge in [-0.25, -0.2) is 0 Å². The van der Waals surface area contributed by atoms with Gasteiger partial charge in [0.05, 0.1) is 5.69 Å². The van der Waals surface area contributed by atoms with Crippen molar-refractivity contribution in [1.29, 1.82) is 0 Å². The Kier molecular flexibility index (Phi) is 5.01. The van der Waals surface area contributed by atoms with Crippen LogP contribution in [-0.4, -0.2) is 11.1 Å². The third-order valence-electron chi connectivity index (χ3n) is 3.97. The van der Waals surface area contributed by atoms with E-state index < -0.39 is 0 Å². The van der Waals surface area contributed by atoms with E-state index in [1.165, 1.54) is 5.56 Å². The lowest BCUT2D eigenvalue weighted by Crippen LogP contribution is -2.15. The quantitative estimate of drug-likeness (QED) is 0.896. The first-order valence-corrected chi connectivity index (χ1v) is 7.71. The van der Waals surface area contributed by atoms with Crippen molar-refractivity contribution < 1.29 is 9.32 Å². The van der Waals surface area contributed by atoms with Gasteiger partial charge in [0.15, 0.2) is 0 Å². The number of nitrogens with one attached hydrogen (secondary N) is 1. The molecule has 0 spiro atoms. The van der Waals surface area contributed by atoms with Gasteiger partial charge in [-0.3, -0.25) is 4.79 Å². The lowest BCUT2D eigenvalue weighted by atomic mass is 9.98. The summed E-state index contributed by atoms with van der Waals surface area (Å²) in [7, 11) is 0. The summed E-state index contributed by atoms with van der Waals surface area (Å²) in [5.41, 5.74) is 5.11. The number of para-hydroxylation sites is 1. The molecule has 0 saturated carbocycles. The molecule has 22 heavy (non-hydrogen) atoms. The van der Waals surface area contributed by atoms with Crippen LogP contribution in [0.3, 0.4) is 0 Å². The van der Waals surface area contributed by atoms with E-state index in [-0.39, 0.29) is 5.91 Å². The Balaban J connectivity index is 2.07. The molecule has 1 amide bonds. The molecule has 1 N–H and O–H groups in total. The molecule has 0 saturated heterocycles. The molecule has 0 atom stereocenters. The van der Waals surface area contributed by atoms with Gasteiger partial charge in [0.2, 0.25) is 5.91 Å². The van der Waals surface area contributed by atoms with Crippen LogP contribution in [0.2, 0.25) is 0 Å². The van der Waals surface area contributed by atoms with Gasteiger partial charge >= 0.3 is 0 Å². The van der Waals surface area contributed by atoms with E-state index in [0.717, 1.165) is 28.3 Å². The van der Waals surface area contributed by atoms with Gasteiger partial charge in [0, 0.05) is 17.7 Å². The third kappa shape index (κ3) is 3.56. The summed E-state index contributed by atoms with van der Waals surface area (Å²) in [6.07, 6.45) is 1.07. The van der Waals surface area contributed by atoms with E-state index in [1.807, 2.05) is 32.9 Å². The molecule has 1 aromatic heterocycles. The van der Waals surface area contributed by atoms with Gasteiger partial charge in [-0.05, 0) is 44.2 Å². The Labute approximate surface area is 131 Å². The summed E-state index contributed by atoms with van der Waals surface area (Å²) in [6, 6.07) is 6.13. The number of carbonyl (C=O) groups is 1. The fraction of sp³-hybridized carbons (Fsp3) is 0.444. The zero-order valence-corrected chi connectivity index (χ0v) is 14.0. The highest BCUT2D eigenvalue weighted by Crippen LogP contribution is 2.27. The number of carbonyl (C=O) groups excluding carboxylic acids is 1. The molecule has 0 aliphatic heterocycles. The molecule has 0 fully saturated rings. The maximum Gasteiger partial charge on any atom is 0.224 e. The Morgan fingerprint density at radius 3 is 2.59 bits per heavy atom. The number of nitrogens with zero attached hydrogens (tertiary/aromatic N) is 1. The van der Waals surface area contributed by atoms with Crippen LogP contribution in [0.5, 0.6) is 0 Å². The van der Waals surface area contributed by atoms with E-state index in [1.54, 1.807) is 0 Å². The highest BCUT2D eigenvalue weighted by molar-refractivity contribution is 5.92. The van der Waals surface area contributed by atoms with Crippen molar-refractivity contribution in [2.24, 2.45) is 0 Å². The minimum atomic E-state index is 0.0243. The molecule has 0 unspecified atom stereocenters. The molecule has 2 aromatic rings. The van der Waals surface area contributed by atoms with E-state index in [4.69, 9.17) is 4.52 Å². The average molecular weight is 300 g/mol. The maximum atomic E-state index is 12.3. The molecule has 0 radical (unpaired) electrons. The molecule has 0 aliphatic rings. The third-order valence-corrected chi connectivity index (χ3v) is 3.97. The highest BCUT2D eigenvalue weighted by atomic mass is 16.5. The van der Waals surface area contributed by atoms with Crippen LogP contribution in [0.4, 0.5) is 5.69 Å². The SMILES string of the molecule is Cc1cccc(C(C)C)c1NC(=O)CCc1c(C)noc1C. The van der Waals surface area contributed by atoms with Crippen molar-refractivity contribution >= 4 is 11.6 Å². The van der Waals surface area contributed by atoms with Crippen LogP contribution >= 0.6 is 0 Å². The molecule has 118 valence electrons. The van der Waals surface area contributed by atoms with Gasteiger partial charge in [0.25, 0.3) is 0 Å². The van der Waals surface area contributed by atoms with Crippen LogP contribution < -0.4 is 5.32 Å². The second kappa shape index (κ2) is 6.77. The molecule has 2 rings (SSSR count). The van der Waals surface area contributed by atoms with Gasteiger partial charge in [-0.15, -0.1) is 0 Å². The van der Waals surface area contributed by atoms with Crippen molar-refractivity contribution in [2.45, 2.75) is 53.4 Å². The lowest BCUT2D eigenvalue weighted by Gasteiger charge is -2.16. The van der Waals surface area contributed by atoms with Crippen LogP contribution in [0.1, 0.15) is 54.3 Å². The summed E-state index contributed by atoms with van der Waals surface area (Å²) in [4.78, 5) is 12.3. The largest absolute Gasteiger partial charge is 0.361 e. The average Bonchev–Trinajstić information content (AvgIpc) is 2.77. The number of amides is 1. The maximum absolute atomic E-state index is 12.3. The monoisotopic (exact) mass is 300 g/mol. The fourth-order valence-corrected chi connectivity index (χ4v) is 2.64. The van der Waals surface area contributed by atoms with Gasteiger partial charge in [-0.2, -0.15) is 0 Å². The van der Waals surface area contributed by atoms with E-state index in [0.29, 0.717) is 18.8 Å². The van der Waals surface area contributed by atoms with Crippen molar-refractivity contribution in [3.63, 3.8) is 0 Å². The Bertz CT molecular complexity index is 652. The zero-order valence-electron chi connectivity index (χ0n) is 14.0. The molecule has 1 aromatic carbocycles. The molecular formula is C18H24N2O2. The predicted molar refractivity (Wildman–Crippen MR) is 88.2 cm³/mol. The standard InChI is InChI=1S/C18H24N2O2/c1-11(2)15-8-6-7-12(3)18(15)19-17(21)10-9-16-13(4)20-22-14(16)5/h6-8,11H,9-10H2,1-5H3,(H,19,21). The van der Waals surface area contributed by atoms with Crippen LogP contribution in [0.15, 0.2) is 22.7 Å². The van der Waals surface area contributed by atoms with Crippen LogP contribution in [-0.2, 0) is 11.2 Å². The minimum Gasteiger partial charge on any atom is -0.361 e. The smallest absolute Gasteiger partial charge is 0.224 e. The first-order valence-electron chi connectivity index (χ1n) is 7.71.